The summed E-state index contributed by atoms with van der Waals surface area (Å²) in [4.78, 5) is 3.57. The molecule has 0 spiro atoms. The van der Waals surface area contributed by atoms with Gasteiger partial charge in [0.2, 0.25) is 10.0 Å². The van der Waals surface area contributed by atoms with E-state index in [2.05, 4.69) is 25.6 Å². The maximum Gasteiger partial charge on any atom is 0.242 e. The Hall–Kier alpha value is 0.01000. The van der Waals surface area contributed by atoms with Crippen LogP contribution in [0.25, 0.3) is 0 Å². The van der Waals surface area contributed by atoms with Gasteiger partial charge in [0.25, 0.3) is 0 Å². The highest BCUT2D eigenvalue weighted by Gasteiger charge is 2.36. The fraction of sp³-hybridized carbons (Fsp3) is 0.667. The van der Waals surface area contributed by atoms with Gasteiger partial charge in [0.05, 0.1) is 3.79 Å². The van der Waals surface area contributed by atoms with E-state index >= 15 is 0 Å². The summed E-state index contributed by atoms with van der Waals surface area (Å²) in [5.74, 6) is 0. The van der Waals surface area contributed by atoms with Gasteiger partial charge >= 0.3 is 0 Å². The van der Waals surface area contributed by atoms with Crippen LogP contribution in [0.1, 0.15) is 24.1 Å². The molecule has 3 rings (SSSR count). The largest absolute Gasteiger partial charge is 0.326 e. The highest BCUT2D eigenvalue weighted by molar-refractivity contribution is 9.11. The van der Waals surface area contributed by atoms with E-state index in [1.807, 2.05) is 0 Å². The van der Waals surface area contributed by atoms with Crippen LogP contribution >= 0.6 is 27.3 Å². The summed E-state index contributed by atoms with van der Waals surface area (Å²) in [6.45, 7) is 2.18. The summed E-state index contributed by atoms with van der Waals surface area (Å²) in [6.07, 6.45) is 3.41. The van der Waals surface area contributed by atoms with Crippen molar-refractivity contribution in [2.75, 3.05) is 13.1 Å². The van der Waals surface area contributed by atoms with Crippen molar-refractivity contribution in [2.24, 2.45) is 5.73 Å². The van der Waals surface area contributed by atoms with Crippen LogP contribution < -0.4 is 10.5 Å². The Labute approximate surface area is 131 Å². The molecule has 20 heavy (non-hydrogen) atoms. The summed E-state index contributed by atoms with van der Waals surface area (Å²) in [5.41, 5.74) is 5.57. The molecule has 1 saturated heterocycles. The van der Waals surface area contributed by atoms with Gasteiger partial charge in [-0.2, -0.15) is 0 Å². The quantitative estimate of drug-likeness (QED) is 0.812. The van der Waals surface area contributed by atoms with Crippen molar-refractivity contribution in [1.82, 2.24) is 9.62 Å². The minimum atomic E-state index is -3.46. The van der Waals surface area contributed by atoms with Gasteiger partial charge in [-0.15, -0.1) is 11.3 Å². The zero-order valence-corrected chi connectivity index (χ0v) is 14.2. The van der Waals surface area contributed by atoms with Gasteiger partial charge in [0, 0.05) is 36.6 Å². The lowest BCUT2D eigenvalue weighted by atomic mass is 10.3. The van der Waals surface area contributed by atoms with Crippen LogP contribution in [0, 0.1) is 0 Å². The number of hydrogen-bond acceptors (Lipinski definition) is 5. The number of nitrogens with two attached hydrogens (primary N) is 1. The predicted octanol–water partition coefficient (Wildman–Crippen LogP) is 1.48. The second-order valence-corrected chi connectivity index (χ2v) is 9.52. The molecular weight excluding hydrogens is 362 g/mol. The third-order valence-electron chi connectivity index (χ3n) is 3.80. The Bertz CT molecular complexity index is 598. The molecule has 0 amide bonds. The van der Waals surface area contributed by atoms with Gasteiger partial charge in [0.1, 0.15) is 4.90 Å². The summed E-state index contributed by atoms with van der Waals surface area (Å²) < 4.78 is 28.3. The van der Waals surface area contributed by atoms with Crippen LogP contribution in [0.15, 0.2) is 14.7 Å². The molecular formula is C12H18BrN3O2S2. The first-order chi connectivity index (χ1) is 9.49. The smallest absolute Gasteiger partial charge is 0.242 e. The van der Waals surface area contributed by atoms with E-state index in [9.17, 15) is 8.42 Å². The maximum absolute atomic E-state index is 12.4. The zero-order valence-electron chi connectivity index (χ0n) is 11.0. The molecule has 1 aliphatic heterocycles. The molecule has 8 heteroatoms. The zero-order chi connectivity index (χ0) is 14.3. The molecule has 1 aromatic heterocycles. The molecule has 2 fully saturated rings. The molecule has 1 unspecified atom stereocenters. The molecule has 0 bridgehead atoms. The summed E-state index contributed by atoms with van der Waals surface area (Å²) in [5, 5.41) is 0. The van der Waals surface area contributed by atoms with Crippen molar-refractivity contribution in [2.45, 2.75) is 42.8 Å². The number of thiophene rings is 1. The van der Waals surface area contributed by atoms with Gasteiger partial charge in [-0.05, 0) is 41.3 Å². The maximum atomic E-state index is 12.4. The third-order valence-corrected chi connectivity index (χ3v) is 7.60. The van der Waals surface area contributed by atoms with Gasteiger partial charge in [-0.3, -0.25) is 4.90 Å². The molecule has 1 aromatic rings. The van der Waals surface area contributed by atoms with E-state index in [-0.39, 0.29) is 6.04 Å². The highest BCUT2D eigenvalue weighted by Crippen LogP contribution is 2.33. The SMILES string of the molecule is NCc1cc(S(=O)(=O)NC2CCN(C3CC3)C2)c(Br)s1. The van der Waals surface area contributed by atoms with E-state index in [1.165, 1.54) is 24.2 Å². The van der Waals surface area contributed by atoms with Crippen molar-refractivity contribution < 1.29 is 8.42 Å². The third kappa shape index (κ3) is 3.10. The Morgan fingerprint density at radius 2 is 2.20 bits per heavy atom. The Kier molecular flexibility index (Phi) is 4.22. The first-order valence-corrected chi connectivity index (χ1v) is 9.83. The fourth-order valence-electron chi connectivity index (χ4n) is 2.62. The number of halogens is 1. The molecule has 0 radical (unpaired) electrons. The number of likely N-dealkylation sites (tertiary alicyclic amines) is 1. The van der Waals surface area contributed by atoms with Crippen molar-refractivity contribution in [1.29, 1.82) is 0 Å². The van der Waals surface area contributed by atoms with E-state index in [4.69, 9.17) is 5.73 Å². The number of rotatable bonds is 5. The Morgan fingerprint density at radius 1 is 1.45 bits per heavy atom. The number of hydrogen-bond donors (Lipinski definition) is 2. The molecule has 3 N–H and O–H groups in total. The van der Waals surface area contributed by atoms with E-state index in [0.717, 1.165) is 24.4 Å². The molecule has 1 aliphatic carbocycles. The fourth-order valence-corrected chi connectivity index (χ4v) is 6.44. The number of sulfonamides is 1. The van der Waals surface area contributed by atoms with Gasteiger partial charge < -0.3 is 5.73 Å². The lowest BCUT2D eigenvalue weighted by molar-refractivity contribution is 0.322. The van der Waals surface area contributed by atoms with Crippen molar-refractivity contribution in [3.8, 4) is 0 Å². The lowest BCUT2D eigenvalue weighted by Crippen LogP contribution is -2.37. The standard InChI is InChI=1S/C12H18BrN3O2S2/c13-12-11(5-10(6-14)19-12)20(17,18)15-8-3-4-16(7-8)9-1-2-9/h5,8-9,15H,1-4,6-7,14H2. The van der Waals surface area contributed by atoms with Crippen molar-refractivity contribution >= 4 is 37.3 Å². The first kappa shape index (κ1) is 14.9. The van der Waals surface area contributed by atoms with Crippen LogP contribution in [-0.2, 0) is 16.6 Å². The van der Waals surface area contributed by atoms with E-state index in [0.29, 0.717) is 21.3 Å². The minimum Gasteiger partial charge on any atom is -0.326 e. The monoisotopic (exact) mass is 379 g/mol. The number of nitrogens with one attached hydrogen (secondary N) is 1. The van der Waals surface area contributed by atoms with E-state index < -0.39 is 10.0 Å². The molecule has 0 aromatic carbocycles. The molecule has 1 atom stereocenters. The average molecular weight is 380 g/mol. The molecule has 5 nitrogen and oxygen atoms in total. The molecule has 1 saturated carbocycles. The summed E-state index contributed by atoms with van der Waals surface area (Å²) >= 11 is 4.70. The Morgan fingerprint density at radius 3 is 2.80 bits per heavy atom. The van der Waals surface area contributed by atoms with Crippen LogP contribution in [-0.4, -0.2) is 38.5 Å². The van der Waals surface area contributed by atoms with Crippen molar-refractivity contribution in [3.05, 3.63) is 14.7 Å². The summed E-state index contributed by atoms with van der Waals surface area (Å²) in [6, 6.07) is 2.37. The van der Waals surface area contributed by atoms with Gasteiger partial charge in [-0.25, -0.2) is 13.1 Å². The van der Waals surface area contributed by atoms with Gasteiger partial charge in [-0.1, -0.05) is 0 Å². The second kappa shape index (κ2) is 5.66. The predicted molar refractivity (Wildman–Crippen MR) is 83.2 cm³/mol. The highest BCUT2D eigenvalue weighted by atomic mass is 79.9. The normalized spacial score (nSPS) is 24.4. The lowest BCUT2D eigenvalue weighted by Gasteiger charge is -2.15. The van der Waals surface area contributed by atoms with Crippen LogP contribution in [0.2, 0.25) is 0 Å². The molecule has 2 heterocycles. The second-order valence-electron chi connectivity index (χ2n) is 5.39. The first-order valence-electron chi connectivity index (χ1n) is 6.74. The average Bonchev–Trinajstić information content (AvgIpc) is 3.02. The van der Waals surface area contributed by atoms with E-state index in [1.54, 1.807) is 6.07 Å². The van der Waals surface area contributed by atoms with Crippen LogP contribution in [0.3, 0.4) is 0 Å². The summed E-state index contributed by atoms with van der Waals surface area (Å²) in [7, 11) is -3.46. The molecule has 112 valence electrons. The number of nitrogens with zero attached hydrogens (tertiary/aromatic N) is 1. The van der Waals surface area contributed by atoms with Crippen molar-refractivity contribution in [3.63, 3.8) is 0 Å². The van der Waals surface area contributed by atoms with Crippen LogP contribution in [0.5, 0.6) is 0 Å². The van der Waals surface area contributed by atoms with Crippen LogP contribution in [0.4, 0.5) is 0 Å². The van der Waals surface area contributed by atoms with Gasteiger partial charge in [0.15, 0.2) is 0 Å². The minimum absolute atomic E-state index is 0.0220. The topological polar surface area (TPSA) is 75.4 Å². The Balaban J connectivity index is 1.70. The molecule has 2 aliphatic rings.